The maximum Gasteiger partial charge on any atom is 0.259 e. The highest BCUT2D eigenvalue weighted by atomic mass is 19.1. The maximum absolute atomic E-state index is 14.9. The Labute approximate surface area is 174 Å². The molecule has 3 rings (SSSR count). The van der Waals surface area contributed by atoms with E-state index in [9.17, 15) is 9.18 Å². The van der Waals surface area contributed by atoms with Gasteiger partial charge in [0.25, 0.3) is 5.91 Å². The molecule has 0 unspecified atom stereocenters. The van der Waals surface area contributed by atoms with E-state index in [-0.39, 0.29) is 5.82 Å². The smallest absolute Gasteiger partial charge is 0.259 e. The molecule has 0 radical (unpaired) electrons. The van der Waals surface area contributed by atoms with Gasteiger partial charge in [-0.2, -0.15) is 5.26 Å². The lowest BCUT2D eigenvalue weighted by Crippen LogP contribution is -2.17. The lowest BCUT2D eigenvalue weighted by Gasteiger charge is -2.13. The number of anilines is 1. The van der Waals surface area contributed by atoms with Gasteiger partial charge in [0.2, 0.25) is 0 Å². The number of benzene rings is 2. The summed E-state index contributed by atoms with van der Waals surface area (Å²) in [5.74, 6) is 0.00506. The minimum Gasteiger partial charge on any atom is -0.467 e. The molecule has 1 aromatic heterocycles. The van der Waals surface area contributed by atoms with Crippen LogP contribution in [0.4, 0.5) is 10.1 Å². The molecule has 0 saturated heterocycles. The molecule has 0 spiro atoms. The number of halogens is 1. The standard InChI is InChI=1S/C24H22FN3O2/c1-15-11-22(16(2)9-18(15)10-17(3)24(29)28-14-26)21-7-6-19(12-23(21)25)27-13-20-5-4-8-30-20/h4-12,27H,13H2,1-3H3,(H,28,29)/b17-10+. The average Bonchev–Trinajstić information content (AvgIpc) is 3.23. The largest absolute Gasteiger partial charge is 0.467 e. The van der Waals surface area contributed by atoms with Gasteiger partial charge in [0.1, 0.15) is 11.6 Å². The second-order valence-electron chi connectivity index (χ2n) is 7.04. The van der Waals surface area contributed by atoms with Crippen molar-refractivity contribution >= 4 is 17.7 Å². The molecule has 0 saturated carbocycles. The molecule has 1 heterocycles. The van der Waals surface area contributed by atoms with Gasteiger partial charge in [-0.15, -0.1) is 0 Å². The number of nitrogens with one attached hydrogen (secondary N) is 2. The van der Waals surface area contributed by atoms with E-state index in [2.05, 4.69) is 10.6 Å². The van der Waals surface area contributed by atoms with Crippen LogP contribution in [0, 0.1) is 31.1 Å². The van der Waals surface area contributed by atoms with Gasteiger partial charge in [0.05, 0.1) is 12.8 Å². The maximum atomic E-state index is 14.9. The van der Waals surface area contributed by atoms with Crippen molar-refractivity contribution in [2.24, 2.45) is 0 Å². The topological polar surface area (TPSA) is 78.1 Å². The van der Waals surface area contributed by atoms with Crippen molar-refractivity contribution in [3.63, 3.8) is 0 Å². The number of nitrogens with zero attached hydrogens (tertiary/aromatic N) is 1. The third kappa shape index (κ3) is 4.76. The van der Waals surface area contributed by atoms with Gasteiger partial charge in [-0.3, -0.25) is 10.1 Å². The monoisotopic (exact) mass is 403 g/mol. The number of furan rings is 1. The quantitative estimate of drug-likeness (QED) is 0.332. The van der Waals surface area contributed by atoms with Crippen molar-refractivity contribution in [1.29, 1.82) is 5.26 Å². The molecule has 2 aromatic carbocycles. The first-order valence-electron chi connectivity index (χ1n) is 9.44. The minimum atomic E-state index is -0.442. The fourth-order valence-electron chi connectivity index (χ4n) is 3.18. The average molecular weight is 403 g/mol. The molecular formula is C24H22FN3O2. The van der Waals surface area contributed by atoms with E-state index in [0.29, 0.717) is 23.4 Å². The van der Waals surface area contributed by atoms with Crippen LogP contribution >= 0.6 is 0 Å². The third-order valence-electron chi connectivity index (χ3n) is 4.82. The second kappa shape index (κ2) is 9.10. The van der Waals surface area contributed by atoms with Crippen LogP contribution in [0.2, 0.25) is 0 Å². The Morgan fingerprint density at radius 2 is 1.97 bits per heavy atom. The van der Waals surface area contributed by atoms with Crippen LogP contribution in [-0.4, -0.2) is 5.91 Å². The molecule has 152 valence electrons. The Hall–Kier alpha value is -3.85. The first kappa shape index (κ1) is 20.9. The van der Waals surface area contributed by atoms with Crippen LogP contribution in [0.15, 0.2) is 58.7 Å². The van der Waals surface area contributed by atoms with Gasteiger partial charge in [-0.25, -0.2) is 4.39 Å². The van der Waals surface area contributed by atoms with Crippen LogP contribution in [0.5, 0.6) is 0 Å². The van der Waals surface area contributed by atoms with Crippen molar-refractivity contribution in [3.05, 3.63) is 82.6 Å². The highest BCUT2D eigenvalue weighted by Crippen LogP contribution is 2.31. The normalized spacial score (nSPS) is 11.1. The van der Waals surface area contributed by atoms with E-state index in [1.54, 1.807) is 31.5 Å². The number of hydrogen-bond acceptors (Lipinski definition) is 4. The molecular weight excluding hydrogens is 381 g/mol. The number of hydrogen-bond donors (Lipinski definition) is 2. The van der Waals surface area contributed by atoms with Crippen molar-refractivity contribution in [3.8, 4) is 17.3 Å². The lowest BCUT2D eigenvalue weighted by atomic mass is 9.93. The molecule has 0 aliphatic carbocycles. The first-order chi connectivity index (χ1) is 14.4. The number of aryl methyl sites for hydroxylation is 2. The van der Waals surface area contributed by atoms with Crippen LogP contribution in [-0.2, 0) is 11.3 Å². The fourth-order valence-corrected chi connectivity index (χ4v) is 3.18. The van der Waals surface area contributed by atoms with Crippen molar-refractivity contribution < 1.29 is 13.6 Å². The Kier molecular flexibility index (Phi) is 6.33. The number of carbonyl (C=O) groups is 1. The van der Waals surface area contributed by atoms with Crippen LogP contribution in [0.3, 0.4) is 0 Å². The summed E-state index contributed by atoms with van der Waals surface area (Å²) in [5, 5.41) is 13.8. The summed E-state index contributed by atoms with van der Waals surface area (Å²) in [6, 6.07) is 12.5. The number of nitriles is 1. The van der Waals surface area contributed by atoms with Crippen LogP contribution in [0.1, 0.15) is 29.4 Å². The molecule has 0 atom stereocenters. The van der Waals surface area contributed by atoms with Crippen LogP contribution < -0.4 is 10.6 Å². The predicted octanol–water partition coefficient (Wildman–Crippen LogP) is 5.32. The summed E-state index contributed by atoms with van der Waals surface area (Å²) in [4.78, 5) is 11.8. The molecule has 6 heteroatoms. The Bertz CT molecular complexity index is 1140. The van der Waals surface area contributed by atoms with E-state index >= 15 is 0 Å². The molecule has 0 fully saturated rings. The van der Waals surface area contributed by atoms with Crippen molar-refractivity contribution in [2.75, 3.05) is 5.32 Å². The summed E-state index contributed by atoms with van der Waals surface area (Å²) < 4.78 is 20.1. The van der Waals surface area contributed by atoms with E-state index < -0.39 is 5.91 Å². The zero-order valence-corrected chi connectivity index (χ0v) is 17.0. The molecule has 2 N–H and O–H groups in total. The molecule has 5 nitrogen and oxygen atoms in total. The Morgan fingerprint density at radius 3 is 2.63 bits per heavy atom. The van der Waals surface area contributed by atoms with E-state index in [1.807, 2.05) is 44.2 Å². The number of amides is 1. The molecule has 30 heavy (non-hydrogen) atoms. The fraction of sp³-hybridized carbons (Fsp3) is 0.167. The third-order valence-corrected chi connectivity index (χ3v) is 4.82. The Balaban J connectivity index is 1.85. The zero-order chi connectivity index (χ0) is 21.7. The van der Waals surface area contributed by atoms with E-state index in [4.69, 9.17) is 9.68 Å². The molecule has 1 amide bonds. The summed E-state index contributed by atoms with van der Waals surface area (Å²) in [5.41, 5.74) is 5.02. The zero-order valence-electron chi connectivity index (χ0n) is 17.0. The lowest BCUT2D eigenvalue weighted by molar-refractivity contribution is -0.116. The highest BCUT2D eigenvalue weighted by molar-refractivity contribution is 5.98. The minimum absolute atomic E-state index is 0.324. The molecule has 0 aliphatic rings. The Morgan fingerprint density at radius 1 is 1.17 bits per heavy atom. The predicted molar refractivity (Wildman–Crippen MR) is 115 cm³/mol. The summed E-state index contributed by atoms with van der Waals surface area (Å²) in [6.45, 7) is 5.92. The van der Waals surface area contributed by atoms with E-state index in [0.717, 1.165) is 28.0 Å². The number of carbonyl (C=O) groups excluding carboxylic acids is 1. The van der Waals surface area contributed by atoms with Crippen LogP contribution in [0.25, 0.3) is 17.2 Å². The SMILES string of the molecule is C/C(=C\c1cc(C)c(-c2ccc(NCc3ccco3)cc2F)cc1C)C(=O)NC#N. The summed E-state index contributed by atoms with van der Waals surface area (Å²) >= 11 is 0. The van der Waals surface area contributed by atoms with Gasteiger partial charge in [0, 0.05) is 16.8 Å². The van der Waals surface area contributed by atoms with Crippen molar-refractivity contribution in [1.82, 2.24) is 5.32 Å². The molecule has 0 bridgehead atoms. The van der Waals surface area contributed by atoms with Crippen molar-refractivity contribution in [2.45, 2.75) is 27.3 Å². The second-order valence-corrected chi connectivity index (χ2v) is 7.04. The van der Waals surface area contributed by atoms with Gasteiger partial charge in [-0.05, 0) is 79.4 Å². The number of rotatable bonds is 6. The summed E-state index contributed by atoms with van der Waals surface area (Å²) in [6.07, 6.45) is 4.94. The first-order valence-corrected chi connectivity index (χ1v) is 9.44. The molecule has 3 aromatic rings. The van der Waals surface area contributed by atoms with Gasteiger partial charge in [-0.1, -0.05) is 12.1 Å². The van der Waals surface area contributed by atoms with Gasteiger partial charge < -0.3 is 9.73 Å². The van der Waals surface area contributed by atoms with Gasteiger partial charge >= 0.3 is 0 Å². The van der Waals surface area contributed by atoms with Gasteiger partial charge in [0.15, 0.2) is 6.19 Å². The summed E-state index contributed by atoms with van der Waals surface area (Å²) in [7, 11) is 0. The molecule has 0 aliphatic heterocycles. The van der Waals surface area contributed by atoms with E-state index in [1.165, 1.54) is 6.07 Å². The highest BCUT2D eigenvalue weighted by Gasteiger charge is 2.12.